The molecular weight excluding hydrogens is 414 g/mol. The lowest BCUT2D eigenvalue weighted by Crippen LogP contribution is -2.02. The van der Waals surface area contributed by atoms with E-state index < -0.39 is 11.6 Å². The summed E-state index contributed by atoms with van der Waals surface area (Å²) in [6.07, 6.45) is 0. The zero-order valence-electron chi connectivity index (χ0n) is 16.2. The fourth-order valence-electron chi connectivity index (χ4n) is 2.83. The van der Waals surface area contributed by atoms with Gasteiger partial charge < -0.3 is 14.8 Å². The van der Waals surface area contributed by atoms with Gasteiger partial charge in [0, 0.05) is 29.4 Å². The van der Waals surface area contributed by atoms with Crippen molar-refractivity contribution in [3.8, 4) is 28.7 Å². The highest BCUT2D eigenvalue weighted by Crippen LogP contribution is 2.32. The molecule has 0 aliphatic carbocycles. The minimum atomic E-state index is -0.739. The van der Waals surface area contributed by atoms with Crippen LogP contribution in [-0.4, -0.2) is 38.6 Å². The Morgan fingerprint density at radius 3 is 2.57 bits per heavy atom. The lowest BCUT2D eigenvalue weighted by atomic mass is 10.2. The van der Waals surface area contributed by atoms with Crippen molar-refractivity contribution in [3.63, 3.8) is 0 Å². The van der Waals surface area contributed by atoms with Gasteiger partial charge in [0.05, 0.1) is 19.9 Å². The molecule has 1 N–H and O–H groups in total. The number of halogens is 2. The summed E-state index contributed by atoms with van der Waals surface area (Å²) in [6, 6.07) is 8.62. The van der Waals surface area contributed by atoms with Crippen LogP contribution in [0.15, 0.2) is 36.4 Å². The van der Waals surface area contributed by atoms with Gasteiger partial charge >= 0.3 is 0 Å². The fraction of sp³-hybridized carbons (Fsp3) is 0.158. The Morgan fingerprint density at radius 2 is 1.83 bits per heavy atom. The number of ether oxygens (including phenoxy) is 2. The molecule has 0 aliphatic rings. The van der Waals surface area contributed by atoms with Gasteiger partial charge in [-0.2, -0.15) is 9.36 Å². The first kappa shape index (κ1) is 19.7. The van der Waals surface area contributed by atoms with Crippen LogP contribution in [0.25, 0.3) is 17.2 Å². The quantitative estimate of drug-likeness (QED) is 0.492. The summed E-state index contributed by atoms with van der Waals surface area (Å²) in [5.74, 6) is 0.126. The third-order valence-corrected chi connectivity index (χ3v) is 4.94. The second-order valence-electron chi connectivity index (χ2n) is 6.15. The molecule has 2 heterocycles. The van der Waals surface area contributed by atoms with E-state index in [-0.39, 0.29) is 5.69 Å². The molecule has 0 saturated carbocycles. The summed E-state index contributed by atoms with van der Waals surface area (Å²) in [5, 5.41) is 11.7. The second kappa shape index (κ2) is 8.03. The Kier molecular flexibility index (Phi) is 5.27. The number of hydrogen-bond acceptors (Lipinski definition) is 8. The van der Waals surface area contributed by atoms with Gasteiger partial charge in [-0.1, -0.05) is 5.21 Å². The zero-order valence-corrected chi connectivity index (χ0v) is 17.0. The zero-order chi connectivity index (χ0) is 21.3. The first-order chi connectivity index (χ1) is 14.5. The molecule has 0 atom stereocenters. The van der Waals surface area contributed by atoms with Gasteiger partial charge in [0.1, 0.15) is 11.5 Å². The predicted octanol–water partition coefficient (Wildman–Crippen LogP) is 4.13. The van der Waals surface area contributed by atoms with Gasteiger partial charge in [-0.3, -0.25) is 0 Å². The molecule has 0 unspecified atom stereocenters. The van der Waals surface area contributed by atoms with Crippen molar-refractivity contribution in [2.75, 3.05) is 19.5 Å². The van der Waals surface area contributed by atoms with Crippen LogP contribution in [0.5, 0.6) is 11.5 Å². The van der Waals surface area contributed by atoms with Gasteiger partial charge in [-0.05, 0) is 31.2 Å². The standard InChI is InChI=1S/C19H16F2N6O2S/c1-10-17(24-26-27(10)14-6-4-11(20)8-13(14)21)18-23-19(30-25-18)22-12-5-7-15(28-2)16(9-12)29-3/h4-9H,1-3H3,(H,22,23,25). The highest BCUT2D eigenvalue weighted by molar-refractivity contribution is 7.09. The predicted molar refractivity (Wildman–Crippen MR) is 108 cm³/mol. The average molecular weight is 430 g/mol. The van der Waals surface area contributed by atoms with E-state index in [1.54, 1.807) is 33.3 Å². The molecule has 4 aromatic rings. The van der Waals surface area contributed by atoms with Crippen LogP contribution in [0, 0.1) is 18.6 Å². The lowest BCUT2D eigenvalue weighted by Gasteiger charge is -2.09. The van der Waals surface area contributed by atoms with Gasteiger partial charge in [-0.25, -0.2) is 13.5 Å². The third-order valence-electron chi connectivity index (χ3n) is 4.31. The van der Waals surface area contributed by atoms with Crippen LogP contribution in [-0.2, 0) is 0 Å². The minimum absolute atomic E-state index is 0.0894. The first-order valence-electron chi connectivity index (χ1n) is 8.71. The number of benzene rings is 2. The van der Waals surface area contributed by atoms with Crippen LogP contribution < -0.4 is 14.8 Å². The van der Waals surface area contributed by atoms with E-state index in [9.17, 15) is 8.78 Å². The summed E-state index contributed by atoms with van der Waals surface area (Å²) in [6.45, 7) is 1.71. The number of nitrogens with zero attached hydrogens (tertiary/aromatic N) is 5. The molecule has 11 heteroatoms. The Morgan fingerprint density at radius 1 is 1.03 bits per heavy atom. The average Bonchev–Trinajstić information content (AvgIpc) is 3.34. The van der Waals surface area contributed by atoms with Crippen molar-refractivity contribution in [1.82, 2.24) is 24.4 Å². The topological polar surface area (TPSA) is 87.0 Å². The maximum absolute atomic E-state index is 14.1. The van der Waals surface area contributed by atoms with E-state index in [4.69, 9.17) is 9.47 Å². The largest absolute Gasteiger partial charge is 0.493 e. The molecule has 2 aromatic carbocycles. The molecule has 2 aromatic heterocycles. The van der Waals surface area contributed by atoms with Crippen LogP contribution in [0.1, 0.15) is 5.69 Å². The van der Waals surface area contributed by atoms with Crippen molar-refractivity contribution in [2.24, 2.45) is 0 Å². The molecule has 0 aliphatic heterocycles. The molecular formula is C19H16F2N6O2S. The smallest absolute Gasteiger partial charge is 0.207 e. The van der Waals surface area contributed by atoms with Crippen molar-refractivity contribution in [2.45, 2.75) is 6.92 Å². The number of nitrogens with one attached hydrogen (secondary N) is 1. The van der Waals surface area contributed by atoms with E-state index in [1.165, 1.54) is 10.7 Å². The summed E-state index contributed by atoms with van der Waals surface area (Å²) < 4.78 is 43.4. The lowest BCUT2D eigenvalue weighted by molar-refractivity contribution is 0.355. The molecule has 0 saturated heterocycles. The maximum atomic E-state index is 14.1. The van der Waals surface area contributed by atoms with Crippen molar-refractivity contribution < 1.29 is 18.3 Å². The number of aromatic nitrogens is 5. The Hall–Kier alpha value is -3.60. The Labute approximate surface area is 174 Å². The SMILES string of the molecule is COc1ccc(Nc2nc(-c3nnn(-c4ccc(F)cc4F)c3C)ns2)cc1OC. The highest BCUT2D eigenvalue weighted by Gasteiger charge is 2.19. The highest BCUT2D eigenvalue weighted by atomic mass is 32.1. The Balaban J connectivity index is 1.60. The third kappa shape index (κ3) is 3.66. The van der Waals surface area contributed by atoms with E-state index in [0.717, 1.165) is 29.4 Å². The van der Waals surface area contributed by atoms with Crippen LogP contribution in [0.4, 0.5) is 19.6 Å². The van der Waals surface area contributed by atoms with Crippen LogP contribution >= 0.6 is 11.5 Å². The molecule has 154 valence electrons. The van der Waals surface area contributed by atoms with E-state index in [0.29, 0.717) is 33.8 Å². The van der Waals surface area contributed by atoms with E-state index in [2.05, 4.69) is 25.0 Å². The molecule has 0 bridgehead atoms. The van der Waals surface area contributed by atoms with Crippen LogP contribution in [0.3, 0.4) is 0 Å². The molecule has 0 spiro atoms. The first-order valence-corrected chi connectivity index (χ1v) is 9.48. The molecule has 0 amide bonds. The minimum Gasteiger partial charge on any atom is -0.493 e. The number of anilines is 2. The maximum Gasteiger partial charge on any atom is 0.207 e. The molecule has 8 nitrogen and oxygen atoms in total. The summed E-state index contributed by atoms with van der Waals surface area (Å²) in [5.41, 5.74) is 1.75. The van der Waals surface area contributed by atoms with Gasteiger partial charge in [-0.15, -0.1) is 5.10 Å². The summed E-state index contributed by atoms with van der Waals surface area (Å²) in [4.78, 5) is 4.43. The number of rotatable bonds is 6. The second-order valence-corrected chi connectivity index (χ2v) is 6.90. The molecule has 4 rings (SSSR count). The van der Waals surface area contributed by atoms with Crippen molar-refractivity contribution >= 4 is 22.4 Å². The van der Waals surface area contributed by atoms with E-state index in [1.807, 2.05) is 6.07 Å². The molecule has 30 heavy (non-hydrogen) atoms. The monoisotopic (exact) mass is 430 g/mol. The van der Waals surface area contributed by atoms with Gasteiger partial charge in [0.15, 0.2) is 28.8 Å². The van der Waals surface area contributed by atoms with Crippen molar-refractivity contribution in [1.29, 1.82) is 0 Å². The number of hydrogen-bond donors (Lipinski definition) is 1. The fourth-order valence-corrected chi connectivity index (χ4v) is 3.42. The van der Waals surface area contributed by atoms with Gasteiger partial charge in [0.25, 0.3) is 0 Å². The van der Waals surface area contributed by atoms with Gasteiger partial charge in [0.2, 0.25) is 5.13 Å². The number of methoxy groups -OCH3 is 2. The molecule has 0 fully saturated rings. The summed E-state index contributed by atoms with van der Waals surface area (Å²) >= 11 is 1.14. The summed E-state index contributed by atoms with van der Waals surface area (Å²) in [7, 11) is 3.12. The van der Waals surface area contributed by atoms with Crippen molar-refractivity contribution in [3.05, 3.63) is 53.7 Å². The van der Waals surface area contributed by atoms with E-state index >= 15 is 0 Å². The normalized spacial score (nSPS) is 10.8. The van der Waals surface area contributed by atoms with Crippen LogP contribution in [0.2, 0.25) is 0 Å². The molecule has 0 radical (unpaired) electrons. The Bertz CT molecular complexity index is 1210.